The van der Waals surface area contributed by atoms with Gasteiger partial charge >= 0.3 is 0 Å². The number of likely N-dealkylation sites (N-methyl/N-ethyl adjacent to an activating group) is 2. The van der Waals surface area contributed by atoms with Crippen LogP contribution in [0.4, 0.5) is 4.39 Å². The summed E-state index contributed by atoms with van der Waals surface area (Å²) in [5.41, 5.74) is 0.743. The molecule has 1 aromatic rings. The first-order valence-electron chi connectivity index (χ1n) is 7.89. The van der Waals surface area contributed by atoms with Crippen LogP contribution in [0.2, 0.25) is 0 Å². The lowest BCUT2D eigenvalue weighted by atomic mass is 10.2. The van der Waals surface area contributed by atoms with E-state index in [4.69, 9.17) is 4.74 Å². The third kappa shape index (κ3) is 6.54. The summed E-state index contributed by atoms with van der Waals surface area (Å²) in [7, 11) is 4.77. The fourth-order valence-electron chi connectivity index (χ4n) is 2.15. The van der Waals surface area contributed by atoms with E-state index in [1.807, 2.05) is 6.92 Å². The Hall–Kier alpha value is -2.15. The summed E-state index contributed by atoms with van der Waals surface area (Å²) >= 11 is 0. The number of hydrogen-bond donors (Lipinski definition) is 1. The summed E-state index contributed by atoms with van der Waals surface area (Å²) in [5.74, 6) is -0.583. The van der Waals surface area contributed by atoms with Crippen LogP contribution in [-0.4, -0.2) is 62.5 Å². The highest BCUT2D eigenvalue weighted by Gasteiger charge is 2.15. The van der Waals surface area contributed by atoms with Crippen LogP contribution < -0.4 is 10.1 Å². The topological polar surface area (TPSA) is 61.9 Å². The van der Waals surface area contributed by atoms with E-state index in [0.29, 0.717) is 13.1 Å². The molecule has 0 spiro atoms. The molecule has 0 unspecified atom stereocenters. The number of halogens is 1. The van der Waals surface area contributed by atoms with Gasteiger partial charge in [0.1, 0.15) is 0 Å². The number of rotatable bonds is 9. The van der Waals surface area contributed by atoms with Crippen LogP contribution >= 0.6 is 0 Å². The molecule has 24 heavy (non-hydrogen) atoms. The zero-order valence-corrected chi connectivity index (χ0v) is 14.8. The minimum Gasteiger partial charge on any atom is -0.494 e. The van der Waals surface area contributed by atoms with Crippen LogP contribution in [-0.2, 0) is 16.1 Å². The second-order valence-electron chi connectivity index (χ2n) is 5.74. The molecule has 1 rings (SSSR count). The molecule has 7 heteroatoms. The quantitative estimate of drug-likeness (QED) is 0.736. The molecule has 0 aliphatic heterocycles. The number of nitrogens with one attached hydrogen (secondary N) is 1. The number of carbonyl (C=O) groups excluding carboxylic acids is 2. The van der Waals surface area contributed by atoms with Crippen molar-refractivity contribution in [3.05, 3.63) is 29.6 Å². The summed E-state index contributed by atoms with van der Waals surface area (Å²) in [6.07, 6.45) is 0.852. The molecule has 1 aromatic carbocycles. The maximum Gasteiger partial charge on any atom is 0.239 e. The van der Waals surface area contributed by atoms with Gasteiger partial charge in [-0.05, 0) is 31.2 Å². The minimum atomic E-state index is -0.431. The molecule has 0 heterocycles. The van der Waals surface area contributed by atoms with E-state index in [1.54, 1.807) is 31.1 Å². The van der Waals surface area contributed by atoms with Gasteiger partial charge in [-0.2, -0.15) is 0 Å². The Morgan fingerprint density at radius 3 is 2.54 bits per heavy atom. The van der Waals surface area contributed by atoms with Gasteiger partial charge < -0.3 is 15.0 Å². The number of ether oxygens (including phenoxy) is 1. The lowest BCUT2D eigenvalue weighted by Crippen LogP contribution is -2.42. The predicted molar refractivity (Wildman–Crippen MR) is 90.2 cm³/mol. The Morgan fingerprint density at radius 1 is 1.25 bits per heavy atom. The number of hydrogen-bond acceptors (Lipinski definition) is 4. The Bertz CT molecular complexity index is 566. The summed E-state index contributed by atoms with van der Waals surface area (Å²) in [4.78, 5) is 26.9. The minimum absolute atomic E-state index is 0.0316. The van der Waals surface area contributed by atoms with Crippen molar-refractivity contribution in [3.8, 4) is 5.75 Å². The van der Waals surface area contributed by atoms with Crippen molar-refractivity contribution in [2.75, 3.05) is 40.8 Å². The van der Waals surface area contributed by atoms with Crippen molar-refractivity contribution in [2.45, 2.75) is 19.9 Å². The Labute approximate surface area is 142 Å². The molecular weight excluding hydrogens is 313 g/mol. The number of carbonyl (C=O) groups is 2. The van der Waals surface area contributed by atoms with Gasteiger partial charge in [-0.25, -0.2) is 4.39 Å². The molecule has 0 saturated heterocycles. The molecule has 0 aromatic heterocycles. The highest BCUT2D eigenvalue weighted by Crippen LogP contribution is 2.18. The molecule has 0 aliphatic carbocycles. The molecular formula is C17H26FN3O3. The summed E-state index contributed by atoms with van der Waals surface area (Å²) < 4.78 is 18.6. The van der Waals surface area contributed by atoms with Gasteiger partial charge in [0.25, 0.3) is 0 Å². The molecule has 6 nitrogen and oxygen atoms in total. The van der Waals surface area contributed by atoms with Gasteiger partial charge in [-0.1, -0.05) is 13.0 Å². The second-order valence-corrected chi connectivity index (χ2v) is 5.74. The molecule has 0 fully saturated rings. The molecule has 1 N–H and O–H groups in total. The van der Waals surface area contributed by atoms with E-state index in [9.17, 15) is 14.0 Å². The normalized spacial score (nSPS) is 10.6. The Morgan fingerprint density at radius 2 is 1.96 bits per heavy atom. The molecule has 0 aliphatic rings. The van der Waals surface area contributed by atoms with Gasteiger partial charge in [-0.15, -0.1) is 0 Å². The maximum atomic E-state index is 13.7. The van der Waals surface area contributed by atoms with Crippen molar-refractivity contribution in [1.82, 2.24) is 15.1 Å². The fourth-order valence-corrected chi connectivity index (χ4v) is 2.15. The third-order valence-corrected chi connectivity index (χ3v) is 3.45. The van der Waals surface area contributed by atoms with Gasteiger partial charge in [0.15, 0.2) is 11.6 Å². The van der Waals surface area contributed by atoms with Gasteiger partial charge in [0, 0.05) is 20.1 Å². The van der Waals surface area contributed by atoms with E-state index in [1.165, 1.54) is 18.1 Å². The van der Waals surface area contributed by atoms with Gasteiger partial charge in [0.2, 0.25) is 11.8 Å². The van der Waals surface area contributed by atoms with Crippen molar-refractivity contribution >= 4 is 11.8 Å². The standard InChI is InChI=1S/C17H26FN3O3/c1-5-8-19-16(22)11-21(3)17(23)12-20(2)10-13-6-7-15(24-4)14(18)9-13/h6-7,9H,5,8,10-12H2,1-4H3,(H,19,22). The average Bonchev–Trinajstić information content (AvgIpc) is 2.52. The molecule has 0 bridgehead atoms. The van der Waals surface area contributed by atoms with Gasteiger partial charge in [0.05, 0.1) is 20.2 Å². The number of nitrogens with zero attached hydrogens (tertiary/aromatic N) is 2. The van der Waals surface area contributed by atoms with Crippen LogP contribution in [0.3, 0.4) is 0 Å². The first kappa shape index (κ1) is 19.9. The largest absolute Gasteiger partial charge is 0.494 e. The van der Waals surface area contributed by atoms with Crippen molar-refractivity contribution in [3.63, 3.8) is 0 Å². The van der Waals surface area contributed by atoms with Crippen LogP contribution in [0, 0.1) is 5.82 Å². The first-order chi connectivity index (χ1) is 11.4. The van der Waals surface area contributed by atoms with Crippen molar-refractivity contribution in [2.24, 2.45) is 0 Å². The SMILES string of the molecule is CCCNC(=O)CN(C)C(=O)CN(C)Cc1ccc(OC)c(F)c1. The third-order valence-electron chi connectivity index (χ3n) is 3.45. The molecule has 0 radical (unpaired) electrons. The van der Waals surface area contributed by atoms with Gasteiger partial charge in [-0.3, -0.25) is 14.5 Å². The fraction of sp³-hybridized carbons (Fsp3) is 0.529. The Balaban J connectivity index is 2.48. The smallest absolute Gasteiger partial charge is 0.239 e. The van der Waals surface area contributed by atoms with Crippen molar-refractivity contribution in [1.29, 1.82) is 0 Å². The lowest BCUT2D eigenvalue weighted by Gasteiger charge is -2.21. The molecule has 2 amide bonds. The van der Waals surface area contributed by atoms with Crippen LogP contribution in [0.15, 0.2) is 18.2 Å². The van der Waals surface area contributed by atoms with E-state index in [-0.39, 0.29) is 30.7 Å². The van der Waals surface area contributed by atoms with Crippen LogP contribution in [0.1, 0.15) is 18.9 Å². The number of benzene rings is 1. The highest BCUT2D eigenvalue weighted by atomic mass is 19.1. The lowest BCUT2D eigenvalue weighted by molar-refractivity contribution is -0.135. The first-order valence-corrected chi connectivity index (χ1v) is 7.89. The molecule has 134 valence electrons. The predicted octanol–water partition coefficient (Wildman–Crippen LogP) is 1.25. The van der Waals surface area contributed by atoms with Crippen LogP contribution in [0.5, 0.6) is 5.75 Å². The summed E-state index contributed by atoms with van der Waals surface area (Å²) in [6, 6.07) is 4.71. The average molecular weight is 339 g/mol. The van der Waals surface area contributed by atoms with E-state index in [2.05, 4.69) is 5.32 Å². The summed E-state index contributed by atoms with van der Waals surface area (Å²) in [6.45, 7) is 3.16. The molecule has 0 atom stereocenters. The second kappa shape index (κ2) is 9.87. The molecule has 0 saturated carbocycles. The monoisotopic (exact) mass is 339 g/mol. The maximum absolute atomic E-state index is 13.7. The number of amides is 2. The van der Waals surface area contributed by atoms with E-state index in [0.717, 1.165) is 12.0 Å². The van der Waals surface area contributed by atoms with E-state index < -0.39 is 5.82 Å². The summed E-state index contributed by atoms with van der Waals surface area (Å²) in [5, 5.41) is 2.73. The van der Waals surface area contributed by atoms with Crippen LogP contribution in [0.25, 0.3) is 0 Å². The zero-order chi connectivity index (χ0) is 18.1. The highest BCUT2D eigenvalue weighted by molar-refractivity contribution is 5.85. The van der Waals surface area contributed by atoms with Crippen molar-refractivity contribution < 1.29 is 18.7 Å². The zero-order valence-electron chi connectivity index (χ0n) is 14.8. The van der Waals surface area contributed by atoms with E-state index >= 15 is 0 Å². The number of methoxy groups -OCH3 is 1. The Kier molecular flexibility index (Phi) is 8.18.